The first-order chi connectivity index (χ1) is 30.7. The molecule has 0 bridgehead atoms. The molecule has 0 saturated heterocycles. The van der Waals surface area contributed by atoms with Crippen molar-refractivity contribution >= 4 is 27.0 Å². The Hall–Kier alpha value is -6.72. The first kappa shape index (κ1) is 45.3. The van der Waals surface area contributed by atoms with Crippen LogP contribution in [0.15, 0.2) is 163 Å². The van der Waals surface area contributed by atoms with Crippen molar-refractivity contribution in [1.82, 2.24) is 0 Å². The van der Waals surface area contributed by atoms with E-state index in [2.05, 4.69) is 6.92 Å². The third kappa shape index (κ3) is 10.5. The predicted molar refractivity (Wildman–Crippen MR) is 248 cm³/mol. The van der Waals surface area contributed by atoms with Crippen LogP contribution >= 0.6 is 0 Å². The molecule has 2 N–H and O–H groups in total. The largest absolute Gasteiger partial charge is 0.457 e. The van der Waals surface area contributed by atoms with Gasteiger partial charge in [0.25, 0.3) is 0 Å². The maximum Gasteiger partial charge on any atom is 0.193 e. The number of halogens is 2. The normalized spacial score (nSPS) is 12.0. The number of rotatable bonds is 18. The molecule has 0 radical (unpaired) electrons. The molecule has 0 aromatic heterocycles. The topological polar surface area (TPSA) is 118 Å². The fourth-order valence-electron chi connectivity index (χ4n) is 7.48. The average molecular weight is 879 g/mol. The van der Waals surface area contributed by atoms with Gasteiger partial charge in [0, 0.05) is 33.4 Å². The summed E-state index contributed by atoms with van der Waals surface area (Å²) in [7, 11) is -5.00. The highest BCUT2D eigenvalue weighted by Crippen LogP contribution is 2.36. The summed E-state index contributed by atoms with van der Waals surface area (Å²) in [5.74, 6) is -1.02. The third-order valence-electron chi connectivity index (χ3n) is 11.2. The molecule has 0 unspecified atom stereocenters. The summed E-state index contributed by atoms with van der Waals surface area (Å²) >= 11 is 0. The summed E-state index contributed by atoms with van der Waals surface area (Å²) in [6, 6.07) is 41.3. The van der Waals surface area contributed by atoms with E-state index in [1.54, 1.807) is 60.7 Å². The van der Waals surface area contributed by atoms with Gasteiger partial charge in [0.2, 0.25) is 0 Å². The van der Waals surface area contributed by atoms with Crippen molar-refractivity contribution in [2.24, 2.45) is 0 Å². The first-order valence-electron chi connectivity index (χ1n) is 21.3. The van der Waals surface area contributed by atoms with Gasteiger partial charge in [-0.2, -0.15) is 0 Å². The summed E-state index contributed by atoms with van der Waals surface area (Å²) in [5.41, 5.74) is 5.88. The van der Waals surface area contributed by atoms with Crippen molar-refractivity contribution in [3.63, 3.8) is 0 Å². The number of carbonyl (C=O) groups excluding carboxylic acids is 3. The van der Waals surface area contributed by atoms with Gasteiger partial charge in [-0.3, -0.25) is 14.4 Å². The molecule has 0 heterocycles. The predicted octanol–water partition coefficient (Wildman–Crippen LogP) is 13.4. The van der Waals surface area contributed by atoms with Gasteiger partial charge in [-0.25, -0.2) is 13.0 Å². The lowest BCUT2D eigenvalue weighted by molar-refractivity contribution is 0.103. The van der Waals surface area contributed by atoms with Crippen LogP contribution in [0.4, 0.5) is 8.78 Å². The fourth-order valence-corrected chi connectivity index (χ4v) is 9.21. The Morgan fingerprint density at radius 2 is 1.00 bits per heavy atom. The van der Waals surface area contributed by atoms with Crippen LogP contribution in [0.3, 0.4) is 0 Å². The third-order valence-corrected chi connectivity index (χ3v) is 13.4. The maximum absolute atomic E-state index is 14.9. The molecule has 7 aromatic rings. The molecule has 64 heavy (non-hydrogen) atoms. The summed E-state index contributed by atoms with van der Waals surface area (Å²) in [5, 5.41) is 0. The van der Waals surface area contributed by atoms with Gasteiger partial charge in [0.15, 0.2) is 17.3 Å². The van der Waals surface area contributed by atoms with Crippen molar-refractivity contribution in [2.75, 3.05) is 5.75 Å². The van der Waals surface area contributed by atoms with Crippen molar-refractivity contribution in [1.29, 1.82) is 0 Å². The second-order valence-electron chi connectivity index (χ2n) is 15.8. The van der Waals surface area contributed by atoms with E-state index in [9.17, 15) is 36.5 Å². The minimum Gasteiger partial charge on any atom is -0.457 e. The highest BCUT2D eigenvalue weighted by molar-refractivity contribution is 8.10. The van der Waals surface area contributed by atoms with Crippen LogP contribution in [-0.2, 0) is 16.0 Å². The Balaban J connectivity index is 1.24. The Bertz CT molecular complexity index is 2860. The SMILES string of the molecule is CCCCCc1cc(C(=O)c2cc(-c3ccc(C(=O)c4ccc(F)cc4)cc3)ccc2-c2ccc(C(=O)c3ccc(F)cc3)cc2)ccc1Oc1ccc(S(=O)(O)(O)CCCC)cc1. The number of benzene rings is 7. The molecule has 7 nitrogen and oxygen atoms in total. The van der Waals surface area contributed by atoms with Gasteiger partial charge in [-0.15, -0.1) is 0 Å². The maximum atomic E-state index is 14.9. The van der Waals surface area contributed by atoms with E-state index in [4.69, 9.17) is 4.74 Å². The van der Waals surface area contributed by atoms with Crippen molar-refractivity contribution < 1.29 is 41.2 Å². The highest BCUT2D eigenvalue weighted by atomic mass is 32.3. The monoisotopic (exact) mass is 878 g/mol. The van der Waals surface area contributed by atoms with Gasteiger partial charge in [-0.1, -0.05) is 93.8 Å². The number of hydrogen-bond donors (Lipinski definition) is 2. The second kappa shape index (κ2) is 19.3. The Labute approximate surface area is 371 Å². The number of aryl methyl sites for hydroxylation is 1. The zero-order chi connectivity index (χ0) is 45.5. The molecule has 0 aliphatic rings. The number of hydrogen-bond acceptors (Lipinski definition) is 5. The van der Waals surface area contributed by atoms with E-state index in [0.717, 1.165) is 30.4 Å². The lowest BCUT2D eigenvalue weighted by Crippen LogP contribution is -2.35. The molecule has 7 rings (SSSR count). The molecule has 326 valence electrons. The molecule has 0 atom stereocenters. The molecule has 0 amide bonds. The van der Waals surface area contributed by atoms with Crippen LogP contribution < -0.4 is 4.74 Å². The minimum atomic E-state index is -5.00. The smallest absolute Gasteiger partial charge is 0.193 e. The van der Waals surface area contributed by atoms with E-state index in [-0.39, 0.29) is 28.0 Å². The van der Waals surface area contributed by atoms with Crippen LogP contribution in [0.2, 0.25) is 0 Å². The minimum absolute atomic E-state index is 0.0801. The van der Waals surface area contributed by atoms with E-state index < -0.39 is 21.3 Å². The molecule has 0 aliphatic heterocycles. The Morgan fingerprint density at radius 3 is 1.53 bits per heavy atom. The van der Waals surface area contributed by atoms with Crippen LogP contribution in [0.25, 0.3) is 22.3 Å². The second-order valence-corrected chi connectivity index (χ2v) is 18.8. The van der Waals surface area contributed by atoms with Crippen molar-refractivity contribution in [2.45, 2.75) is 57.3 Å². The molecule has 0 saturated carbocycles. The quantitative estimate of drug-likeness (QED) is 0.0651. The van der Waals surface area contributed by atoms with Gasteiger partial charge >= 0.3 is 0 Å². The van der Waals surface area contributed by atoms with Crippen LogP contribution in [0.1, 0.15) is 99.3 Å². The number of unbranched alkanes of at least 4 members (excludes halogenated alkanes) is 3. The van der Waals surface area contributed by atoms with Crippen LogP contribution in [0.5, 0.6) is 11.5 Å². The van der Waals surface area contributed by atoms with Crippen LogP contribution in [-0.4, -0.2) is 36.4 Å². The van der Waals surface area contributed by atoms with E-state index in [0.29, 0.717) is 80.8 Å². The molecule has 7 aromatic carbocycles. The summed E-state index contributed by atoms with van der Waals surface area (Å²) in [6.07, 6.45) is 4.41. The summed E-state index contributed by atoms with van der Waals surface area (Å²) < 4.78 is 67.7. The molecule has 10 heteroatoms. The first-order valence-corrected chi connectivity index (χ1v) is 23.3. The van der Waals surface area contributed by atoms with Crippen LogP contribution in [0, 0.1) is 11.6 Å². The molecule has 0 aliphatic carbocycles. The standard InChI is InChI=1S/C54H48F2O7S/c1-3-5-7-8-43-34-44(22-32-51(43)63-47-27-29-48(30-28-47)64(60,61,62)33-6-4-2)54(59)50-35-42(36-9-13-38(14-10-36)52(57)40-17-23-45(55)24-18-40)21-31-49(50)37-11-15-39(16-12-37)53(58)41-19-25-46(56)26-20-41/h9-32,34-35H,3-8,33H2,1-2H3,(H2,60,61,62). The van der Waals surface area contributed by atoms with Gasteiger partial charge in [0.05, 0.1) is 10.6 Å². The molecular formula is C54H48F2O7S. The van der Waals surface area contributed by atoms with Crippen molar-refractivity contribution in [3.05, 3.63) is 208 Å². The van der Waals surface area contributed by atoms with Gasteiger partial charge in [-0.05, 0) is 144 Å². The lowest BCUT2D eigenvalue weighted by Gasteiger charge is -2.30. The number of ether oxygens (including phenoxy) is 1. The number of ketones is 3. The molecule has 0 fully saturated rings. The zero-order valence-corrected chi connectivity index (χ0v) is 36.4. The molecular weight excluding hydrogens is 831 g/mol. The Kier molecular flexibility index (Phi) is 13.7. The zero-order valence-electron chi connectivity index (χ0n) is 35.6. The van der Waals surface area contributed by atoms with E-state index in [1.165, 1.54) is 72.8 Å². The lowest BCUT2D eigenvalue weighted by atomic mass is 9.89. The summed E-state index contributed by atoms with van der Waals surface area (Å²) in [6.45, 7) is 3.98. The average Bonchev–Trinajstić information content (AvgIpc) is 3.31. The molecule has 0 spiro atoms. The Morgan fingerprint density at radius 1 is 0.516 bits per heavy atom. The fraction of sp³-hybridized carbons (Fsp3) is 0.167. The van der Waals surface area contributed by atoms with Gasteiger partial charge < -0.3 is 13.8 Å². The highest BCUT2D eigenvalue weighted by Gasteiger charge is 2.32. The van der Waals surface area contributed by atoms with Crippen molar-refractivity contribution in [3.8, 4) is 33.8 Å². The van der Waals surface area contributed by atoms with E-state index in [1.807, 2.05) is 31.2 Å². The van der Waals surface area contributed by atoms with E-state index >= 15 is 0 Å². The number of carbonyl (C=O) groups is 3. The van der Waals surface area contributed by atoms with Gasteiger partial charge in [0.1, 0.15) is 32.8 Å². The summed E-state index contributed by atoms with van der Waals surface area (Å²) in [4.78, 5) is 41.2.